The maximum absolute atomic E-state index is 11.7. The van der Waals surface area contributed by atoms with Crippen molar-refractivity contribution in [1.82, 2.24) is 10.3 Å². The Balaban J connectivity index is 2.70. The number of H-pyrrole nitrogens is 1. The monoisotopic (exact) mass is 269 g/mol. The smallest absolute Gasteiger partial charge is 0.326 e. The normalized spacial score (nSPS) is 11.8. The third-order valence-corrected chi connectivity index (χ3v) is 2.57. The minimum Gasteiger partial charge on any atom is -0.480 e. The van der Waals surface area contributed by atoms with Gasteiger partial charge in [0.15, 0.2) is 0 Å². The van der Waals surface area contributed by atoms with Gasteiger partial charge in [-0.3, -0.25) is 14.9 Å². The molecule has 1 heterocycles. The first-order valence-corrected chi connectivity index (χ1v) is 5.82. The molecule has 0 aromatic carbocycles. The average Bonchev–Trinajstić information content (AvgIpc) is 2.83. The van der Waals surface area contributed by atoms with Crippen LogP contribution in [0.25, 0.3) is 0 Å². The van der Waals surface area contributed by atoms with Gasteiger partial charge in [0, 0.05) is 6.07 Å². The number of nitro groups is 1. The van der Waals surface area contributed by atoms with Gasteiger partial charge < -0.3 is 15.4 Å². The molecular formula is C11H15N3O5. The quantitative estimate of drug-likeness (QED) is 0.508. The maximum atomic E-state index is 11.7. The van der Waals surface area contributed by atoms with Crippen molar-refractivity contribution in [2.24, 2.45) is 0 Å². The third-order valence-electron chi connectivity index (χ3n) is 2.57. The third kappa shape index (κ3) is 4.09. The van der Waals surface area contributed by atoms with E-state index in [9.17, 15) is 19.7 Å². The molecular weight excluding hydrogens is 254 g/mol. The summed E-state index contributed by atoms with van der Waals surface area (Å²) in [5.74, 6) is -1.79. The van der Waals surface area contributed by atoms with Crippen LogP contribution in [0.5, 0.6) is 0 Å². The van der Waals surface area contributed by atoms with Crippen LogP contribution in [0.3, 0.4) is 0 Å². The van der Waals surface area contributed by atoms with Crippen molar-refractivity contribution in [3.05, 3.63) is 28.1 Å². The van der Waals surface area contributed by atoms with E-state index < -0.39 is 22.8 Å². The Bertz CT molecular complexity index is 482. The zero-order valence-corrected chi connectivity index (χ0v) is 10.4. The van der Waals surface area contributed by atoms with Crippen LogP contribution >= 0.6 is 0 Å². The van der Waals surface area contributed by atoms with Crippen molar-refractivity contribution in [2.75, 3.05) is 0 Å². The number of carboxylic acids is 1. The van der Waals surface area contributed by atoms with Crippen LogP contribution < -0.4 is 5.32 Å². The lowest BCUT2D eigenvalue weighted by molar-refractivity contribution is -0.384. The molecule has 19 heavy (non-hydrogen) atoms. The molecule has 1 rings (SSSR count). The Morgan fingerprint density at radius 3 is 2.74 bits per heavy atom. The number of carbonyl (C=O) groups is 2. The SMILES string of the molecule is CCCCC(NC(=O)c1cc([N+](=O)[O-])c[nH]1)C(=O)O. The first kappa shape index (κ1) is 14.7. The second-order valence-corrected chi connectivity index (χ2v) is 4.04. The standard InChI is InChI=1S/C11H15N3O5/c1-2-3-4-8(11(16)17)13-10(15)9-5-7(6-12-9)14(18)19/h5-6,8,12H,2-4H2,1H3,(H,13,15)(H,16,17). The molecule has 0 radical (unpaired) electrons. The van der Waals surface area contributed by atoms with Crippen molar-refractivity contribution in [2.45, 2.75) is 32.2 Å². The average molecular weight is 269 g/mol. The van der Waals surface area contributed by atoms with E-state index in [1.54, 1.807) is 0 Å². The Hall–Kier alpha value is -2.38. The van der Waals surface area contributed by atoms with E-state index in [0.29, 0.717) is 12.8 Å². The lowest BCUT2D eigenvalue weighted by Gasteiger charge is -2.13. The Labute approximate surface area is 109 Å². The molecule has 3 N–H and O–H groups in total. The van der Waals surface area contributed by atoms with E-state index in [1.165, 1.54) is 0 Å². The maximum Gasteiger partial charge on any atom is 0.326 e. The summed E-state index contributed by atoms with van der Waals surface area (Å²) in [7, 11) is 0. The Kier molecular flexibility index (Phi) is 5.04. The molecule has 0 spiro atoms. The number of hydrogen-bond donors (Lipinski definition) is 3. The van der Waals surface area contributed by atoms with Gasteiger partial charge in [0.25, 0.3) is 11.6 Å². The largest absolute Gasteiger partial charge is 0.480 e. The second kappa shape index (κ2) is 6.53. The summed E-state index contributed by atoms with van der Waals surface area (Å²) in [6.07, 6.45) is 2.88. The number of unbranched alkanes of at least 4 members (excludes halogenated alkanes) is 1. The van der Waals surface area contributed by atoms with Gasteiger partial charge in [0.2, 0.25) is 0 Å². The molecule has 104 valence electrons. The molecule has 1 unspecified atom stereocenters. The van der Waals surface area contributed by atoms with Gasteiger partial charge >= 0.3 is 5.97 Å². The van der Waals surface area contributed by atoms with Crippen molar-refractivity contribution < 1.29 is 19.6 Å². The highest BCUT2D eigenvalue weighted by Crippen LogP contribution is 2.12. The number of carbonyl (C=O) groups excluding carboxylic acids is 1. The van der Waals surface area contributed by atoms with Gasteiger partial charge in [-0.25, -0.2) is 4.79 Å². The van der Waals surface area contributed by atoms with Crippen LogP contribution in [0.15, 0.2) is 12.3 Å². The molecule has 1 aromatic heterocycles. The number of nitrogens with one attached hydrogen (secondary N) is 2. The lowest BCUT2D eigenvalue weighted by atomic mass is 10.1. The van der Waals surface area contributed by atoms with Crippen LogP contribution in [0.4, 0.5) is 5.69 Å². The first-order valence-electron chi connectivity index (χ1n) is 5.82. The summed E-state index contributed by atoms with van der Waals surface area (Å²) >= 11 is 0. The molecule has 0 fully saturated rings. The van der Waals surface area contributed by atoms with E-state index in [0.717, 1.165) is 18.7 Å². The fourth-order valence-electron chi connectivity index (χ4n) is 1.52. The van der Waals surface area contributed by atoms with Crippen LogP contribution in [-0.2, 0) is 4.79 Å². The minimum absolute atomic E-state index is 0.0329. The number of hydrogen-bond acceptors (Lipinski definition) is 4. The van der Waals surface area contributed by atoms with Crippen molar-refractivity contribution >= 4 is 17.6 Å². The van der Waals surface area contributed by atoms with Gasteiger partial charge in [-0.05, 0) is 6.42 Å². The molecule has 0 saturated heterocycles. The molecule has 8 nitrogen and oxygen atoms in total. The first-order chi connectivity index (χ1) is 8.95. The molecule has 0 aliphatic carbocycles. The van der Waals surface area contributed by atoms with Crippen molar-refractivity contribution in [1.29, 1.82) is 0 Å². The van der Waals surface area contributed by atoms with Crippen LogP contribution in [-0.4, -0.2) is 32.9 Å². The molecule has 0 saturated carbocycles. The van der Waals surface area contributed by atoms with Gasteiger partial charge in [0.05, 0.1) is 11.1 Å². The predicted molar refractivity (Wildman–Crippen MR) is 65.9 cm³/mol. The van der Waals surface area contributed by atoms with E-state index in [2.05, 4.69) is 10.3 Å². The number of aromatic amines is 1. The van der Waals surface area contributed by atoms with Crippen LogP contribution in [0, 0.1) is 10.1 Å². The van der Waals surface area contributed by atoms with E-state index >= 15 is 0 Å². The van der Waals surface area contributed by atoms with Gasteiger partial charge in [-0.1, -0.05) is 19.8 Å². The molecule has 8 heteroatoms. The number of aliphatic carboxylic acids is 1. The second-order valence-electron chi connectivity index (χ2n) is 4.04. The van der Waals surface area contributed by atoms with Crippen LogP contribution in [0.1, 0.15) is 36.7 Å². The summed E-state index contributed by atoms with van der Waals surface area (Å²) in [4.78, 5) is 35.0. The molecule has 0 bridgehead atoms. The van der Waals surface area contributed by atoms with Gasteiger partial charge in [-0.15, -0.1) is 0 Å². The summed E-state index contributed by atoms with van der Waals surface area (Å²) in [5.41, 5.74) is -0.278. The highest BCUT2D eigenvalue weighted by Gasteiger charge is 2.22. The van der Waals surface area contributed by atoms with E-state index in [-0.39, 0.29) is 11.4 Å². The summed E-state index contributed by atoms with van der Waals surface area (Å²) in [6.45, 7) is 1.91. The van der Waals surface area contributed by atoms with Crippen LogP contribution in [0.2, 0.25) is 0 Å². The number of carboxylic acid groups (broad SMARTS) is 1. The topological polar surface area (TPSA) is 125 Å². The molecule has 1 aromatic rings. The van der Waals surface area contributed by atoms with E-state index in [4.69, 9.17) is 5.11 Å². The minimum atomic E-state index is -1.12. The lowest BCUT2D eigenvalue weighted by Crippen LogP contribution is -2.40. The molecule has 1 amide bonds. The zero-order chi connectivity index (χ0) is 14.4. The van der Waals surface area contributed by atoms with E-state index in [1.807, 2.05) is 6.92 Å². The highest BCUT2D eigenvalue weighted by atomic mass is 16.6. The number of rotatable bonds is 7. The Morgan fingerprint density at radius 2 is 2.26 bits per heavy atom. The molecule has 0 aliphatic heterocycles. The van der Waals surface area contributed by atoms with Crippen molar-refractivity contribution in [3.63, 3.8) is 0 Å². The van der Waals surface area contributed by atoms with Gasteiger partial charge in [0.1, 0.15) is 11.7 Å². The summed E-state index contributed by atoms with van der Waals surface area (Å²) in [5, 5.41) is 21.8. The fourth-order valence-corrected chi connectivity index (χ4v) is 1.52. The predicted octanol–water partition coefficient (Wildman–Crippen LogP) is 1.30. The zero-order valence-electron chi connectivity index (χ0n) is 10.4. The molecule has 0 aliphatic rings. The number of amides is 1. The number of aromatic nitrogens is 1. The summed E-state index contributed by atoms with van der Waals surface area (Å²) < 4.78 is 0. The molecule has 1 atom stereocenters. The Morgan fingerprint density at radius 1 is 1.58 bits per heavy atom. The number of nitrogens with zero attached hydrogens (tertiary/aromatic N) is 1. The van der Waals surface area contributed by atoms with Crippen molar-refractivity contribution in [3.8, 4) is 0 Å². The fraction of sp³-hybridized carbons (Fsp3) is 0.455. The summed E-state index contributed by atoms with van der Waals surface area (Å²) in [6, 6.07) is 0.0726. The highest BCUT2D eigenvalue weighted by molar-refractivity contribution is 5.95. The van der Waals surface area contributed by atoms with Gasteiger partial charge in [-0.2, -0.15) is 0 Å².